The van der Waals surface area contributed by atoms with Gasteiger partial charge < -0.3 is 23.7 Å². The Morgan fingerprint density at radius 2 is 0.400 bits per heavy atom. The molecule has 95 heavy (non-hydrogen) atoms. The van der Waals surface area contributed by atoms with Crippen LogP contribution in [0.1, 0.15) is 41.4 Å². The van der Waals surface area contributed by atoms with E-state index in [-0.39, 0.29) is 64.7 Å². The molecule has 4 aliphatic rings. The number of imide groups is 4. The minimum absolute atomic E-state index is 0.00136. The van der Waals surface area contributed by atoms with Crippen molar-refractivity contribution in [1.82, 2.24) is 0 Å². The van der Waals surface area contributed by atoms with Crippen molar-refractivity contribution in [2.75, 3.05) is 19.6 Å². The normalized spacial score (nSPS) is 14.3. The molecule has 0 unspecified atom stereocenters. The molecule has 0 bridgehead atoms. The zero-order chi connectivity index (χ0) is 65.9. The second-order valence-electron chi connectivity index (χ2n) is 21.4. The molecular weight excluding hydrogens is 1260 g/mol. The molecular formula is C72H42N4O17S2. The van der Waals surface area contributed by atoms with Gasteiger partial charge in [0.25, 0.3) is 47.3 Å². The maximum atomic E-state index is 13.9. The van der Waals surface area contributed by atoms with Gasteiger partial charge in [-0.2, -0.15) is 0 Å². The first-order valence-electron chi connectivity index (χ1n) is 28.7. The largest absolute Gasteiger partial charge is 0.457 e. The monoisotopic (exact) mass is 1300 g/mol. The number of fused-ring (bicyclic) bond motifs is 2. The highest BCUT2D eigenvalue weighted by Crippen LogP contribution is 2.39. The predicted octanol–water partition coefficient (Wildman–Crippen LogP) is 12.8. The zero-order valence-corrected chi connectivity index (χ0v) is 50.4. The van der Waals surface area contributed by atoms with Crippen LogP contribution in [-0.4, -0.2) is 64.1 Å². The zero-order valence-electron chi connectivity index (χ0n) is 48.8. The number of hydrogen-bond donors (Lipinski definition) is 0. The summed E-state index contributed by atoms with van der Waals surface area (Å²) in [4.78, 5) is 107. The highest BCUT2D eigenvalue weighted by molar-refractivity contribution is 7.91. The Morgan fingerprint density at radius 1 is 0.211 bits per heavy atom. The first-order valence-corrected chi connectivity index (χ1v) is 31.7. The highest BCUT2D eigenvalue weighted by atomic mass is 32.2. The molecule has 23 heteroatoms. The van der Waals surface area contributed by atoms with Crippen molar-refractivity contribution in [2.45, 2.75) is 19.6 Å². The van der Waals surface area contributed by atoms with E-state index < -0.39 is 66.9 Å². The maximum absolute atomic E-state index is 13.9. The van der Waals surface area contributed by atoms with Gasteiger partial charge in [-0.25, -0.2) is 36.4 Å². The number of ether oxygens (including phenoxy) is 5. The minimum atomic E-state index is -3.96. The Hall–Kier alpha value is -12.9. The van der Waals surface area contributed by atoms with Crippen LogP contribution in [0.25, 0.3) is 0 Å². The molecule has 10 aromatic rings. The third kappa shape index (κ3) is 11.4. The molecule has 14 rings (SSSR count). The van der Waals surface area contributed by atoms with E-state index in [9.17, 15) is 55.2 Å². The number of benzene rings is 10. The van der Waals surface area contributed by atoms with Gasteiger partial charge in [0, 0.05) is 24.3 Å². The average molecular weight is 1300 g/mol. The van der Waals surface area contributed by atoms with Gasteiger partial charge in [-0.05, 0) is 231 Å². The van der Waals surface area contributed by atoms with Crippen LogP contribution in [0.4, 0.5) is 22.7 Å². The van der Waals surface area contributed by atoms with E-state index in [0.29, 0.717) is 57.4 Å². The van der Waals surface area contributed by atoms with E-state index >= 15 is 0 Å². The average Bonchev–Trinajstić information content (AvgIpc) is 1.68. The van der Waals surface area contributed by atoms with E-state index in [0.717, 1.165) is 19.6 Å². The Labute approximate surface area is 539 Å². The van der Waals surface area contributed by atoms with E-state index in [4.69, 9.17) is 23.7 Å². The second kappa shape index (κ2) is 23.7. The van der Waals surface area contributed by atoms with Gasteiger partial charge in [0.15, 0.2) is 0 Å². The summed E-state index contributed by atoms with van der Waals surface area (Å²) in [6, 6.07) is 56.7. The van der Waals surface area contributed by atoms with Crippen molar-refractivity contribution in [2.24, 2.45) is 0 Å². The molecule has 4 aliphatic heterocycles. The summed E-state index contributed by atoms with van der Waals surface area (Å²) in [6.45, 7) is 0. The third-order valence-electron chi connectivity index (χ3n) is 15.4. The molecule has 0 saturated heterocycles. The van der Waals surface area contributed by atoms with Crippen LogP contribution in [0.2, 0.25) is 0 Å². The van der Waals surface area contributed by atoms with Crippen LogP contribution in [0, 0.1) is 0 Å². The van der Waals surface area contributed by atoms with E-state index in [2.05, 4.69) is 0 Å². The van der Waals surface area contributed by atoms with E-state index in [1.807, 2.05) is 0 Å². The van der Waals surface area contributed by atoms with Gasteiger partial charge in [-0.1, -0.05) is 0 Å². The van der Waals surface area contributed by atoms with Crippen LogP contribution < -0.4 is 43.3 Å². The smallest absolute Gasteiger partial charge is 0.266 e. The van der Waals surface area contributed by atoms with Crippen molar-refractivity contribution < 1.29 is 78.9 Å². The molecule has 4 heterocycles. The van der Waals surface area contributed by atoms with Crippen molar-refractivity contribution >= 4 is 89.7 Å². The van der Waals surface area contributed by atoms with Gasteiger partial charge in [0.2, 0.25) is 19.7 Å². The van der Waals surface area contributed by atoms with Gasteiger partial charge in [-0.3, -0.25) is 38.4 Å². The van der Waals surface area contributed by atoms with Crippen molar-refractivity contribution in [1.29, 1.82) is 0 Å². The Bertz CT molecular complexity index is 4830. The van der Waals surface area contributed by atoms with Crippen molar-refractivity contribution in [3.8, 4) is 57.5 Å². The van der Waals surface area contributed by atoms with Gasteiger partial charge in [0.05, 0.1) is 64.6 Å². The molecule has 0 aliphatic carbocycles. The first-order chi connectivity index (χ1) is 45.8. The molecule has 0 fully saturated rings. The molecule has 21 nitrogen and oxygen atoms in total. The molecule has 10 aromatic carbocycles. The maximum Gasteiger partial charge on any atom is 0.266 e. The molecule has 464 valence electrons. The summed E-state index contributed by atoms with van der Waals surface area (Å²) in [5.74, 6) is -1.11. The molecule has 0 N–H and O–H groups in total. The first kappa shape index (κ1) is 59.7. The number of nitrogens with zero attached hydrogens (tertiary/aromatic N) is 4. The van der Waals surface area contributed by atoms with Crippen molar-refractivity contribution in [3.05, 3.63) is 277 Å². The van der Waals surface area contributed by atoms with Gasteiger partial charge in [-0.15, -0.1) is 0 Å². The lowest BCUT2D eigenvalue weighted by Gasteiger charge is -2.15. The van der Waals surface area contributed by atoms with Crippen molar-refractivity contribution in [3.63, 3.8) is 0 Å². The third-order valence-corrected chi connectivity index (χ3v) is 19.0. The fourth-order valence-electron chi connectivity index (χ4n) is 10.7. The fraction of sp³-hybridized carbons (Fsp3) is 0. The lowest BCUT2D eigenvalue weighted by atomic mass is 10.1. The quantitative estimate of drug-likeness (QED) is 0.0723. The summed E-state index contributed by atoms with van der Waals surface area (Å²) in [7, 11) is -7.92. The summed E-state index contributed by atoms with van der Waals surface area (Å²) in [5, 5.41) is 0. The van der Waals surface area contributed by atoms with Crippen LogP contribution in [-0.2, 0) is 38.9 Å². The lowest BCUT2D eigenvalue weighted by Crippen LogP contribution is -2.29. The SMILES string of the molecule is O=C1C=CC(=O)N1c1ccc(Oc2ccc(S(=O)(=O)c3ccc(Oc4ccc(N5C(=O)c6ccc(Oc7ccc8c(c7)C(=O)N(c7ccc(Oc9ccc(S(=O)(=O)c%10ccc(Oc%11ccc(N%12C(=O)C=CC%12=O)cc%11)cc%10)cc9)cc7)C8=O)cc6C5=O)cc4)cc3)cc2)cc1. The standard InChI is InChI=1S/C72H42N4O17S2/c77-65-37-38-66(78)73(65)43-1-9-47(10-2-43)89-51-17-27-57(28-18-51)94(85,86)59-31-21-53(22-32-59)91-49-13-5-45(6-14-49)75-69(81)61-35-25-55(41-63(61)71(75)83)93-56-26-36-62-64(42-56)72(84)76(70(62)82)46-7-15-50(16-8-46)92-54-23-33-60(34-24-54)95(87,88)58-29-19-52(20-30-58)90-48-11-3-44(4-12-48)74-67(79)39-40-68(74)80/h1-42H. The molecule has 0 aromatic heterocycles. The lowest BCUT2D eigenvalue weighted by molar-refractivity contribution is -0.121. The van der Waals surface area contributed by atoms with E-state index in [1.165, 1.54) is 182 Å². The number of hydrogen-bond acceptors (Lipinski definition) is 17. The number of carbonyl (C=O) groups is 8. The highest BCUT2D eigenvalue weighted by Gasteiger charge is 2.39. The molecule has 0 saturated carbocycles. The number of rotatable bonds is 18. The number of anilines is 4. The summed E-state index contributed by atoms with van der Waals surface area (Å²) < 4.78 is 84.0. The summed E-state index contributed by atoms with van der Waals surface area (Å²) in [5.41, 5.74) is 1.61. The van der Waals surface area contributed by atoms with Crippen LogP contribution >= 0.6 is 0 Å². The number of amides is 8. The number of sulfone groups is 2. The van der Waals surface area contributed by atoms with Gasteiger partial charge >= 0.3 is 0 Å². The minimum Gasteiger partial charge on any atom is -0.457 e. The topological polar surface area (TPSA) is 264 Å². The van der Waals surface area contributed by atoms with Crippen LogP contribution in [0.3, 0.4) is 0 Å². The predicted molar refractivity (Wildman–Crippen MR) is 341 cm³/mol. The Balaban J connectivity index is 0.561. The van der Waals surface area contributed by atoms with Gasteiger partial charge in [0.1, 0.15) is 57.5 Å². The summed E-state index contributed by atoms with van der Waals surface area (Å²) in [6.07, 6.45) is 4.75. The van der Waals surface area contributed by atoms with E-state index in [1.54, 1.807) is 72.8 Å². The fourth-order valence-corrected chi connectivity index (χ4v) is 13.2. The van der Waals surface area contributed by atoms with Crippen LogP contribution in [0.15, 0.2) is 274 Å². The summed E-state index contributed by atoms with van der Waals surface area (Å²) >= 11 is 0. The Kier molecular flexibility index (Phi) is 14.9. The molecule has 0 atom stereocenters. The molecule has 0 radical (unpaired) electrons. The Morgan fingerprint density at radius 3 is 0.642 bits per heavy atom. The van der Waals surface area contributed by atoms with Crippen LogP contribution in [0.5, 0.6) is 57.5 Å². The molecule has 8 amide bonds. The second-order valence-corrected chi connectivity index (χ2v) is 25.3. The molecule has 0 spiro atoms. The number of carbonyl (C=O) groups excluding carboxylic acids is 8.